The van der Waals surface area contributed by atoms with Crippen molar-refractivity contribution in [2.75, 3.05) is 5.73 Å². The number of benzene rings is 1. The zero-order chi connectivity index (χ0) is 14.0. The van der Waals surface area contributed by atoms with Crippen LogP contribution in [0.15, 0.2) is 28.6 Å². The van der Waals surface area contributed by atoms with Crippen LogP contribution >= 0.6 is 11.3 Å². The summed E-state index contributed by atoms with van der Waals surface area (Å²) in [4.78, 5) is 3.19. The van der Waals surface area contributed by atoms with Gasteiger partial charge in [0, 0.05) is 11.6 Å². The maximum absolute atomic E-state index is 13.6. The topological polar surface area (TPSA) is 85.1 Å². The van der Waals surface area contributed by atoms with Crippen LogP contribution in [0.25, 0.3) is 0 Å². The molecule has 0 spiro atoms. The number of anilines is 1. The molecule has 0 aliphatic heterocycles. The monoisotopic (exact) mass is 305 g/mol. The number of hydrogen-bond acceptors (Lipinski definition) is 5. The molecule has 0 aliphatic rings. The Morgan fingerprint density at radius 2 is 2.11 bits per heavy atom. The lowest BCUT2D eigenvalue weighted by Crippen LogP contribution is -2.24. The molecular formula is C10H9F2N3O2S2. The Morgan fingerprint density at radius 3 is 2.74 bits per heavy atom. The predicted octanol–water partition coefficient (Wildman–Crippen LogP) is 1.48. The number of nitrogens with zero attached hydrogens (tertiary/aromatic N) is 1. The van der Waals surface area contributed by atoms with Gasteiger partial charge in [-0.2, -0.15) is 0 Å². The molecular weight excluding hydrogens is 296 g/mol. The van der Waals surface area contributed by atoms with E-state index in [1.165, 1.54) is 17.5 Å². The smallest absolute Gasteiger partial charge is 0.243 e. The fraction of sp³-hybridized carbons (Fsp3) is 0.100. The number of rotatable bonds is 4. The lowest BCUT2D eigenvalue weighted by molar-refractivity contribution is 0.548. The summed E-state index contributed by atoms with van der Waals surface area (Å²) in [5, 5.41) is 2.21. The molecule has 19 heavy (non-hydrogen) atoms. The molecule has 0 bridgehead atoms. The number of halogens is 2. The molecule has 5 nitrogen and oxygen atoms in total. The minimum atomic E-state index is -4.11. The molecule has 0 atom stereocenters. The zero-order valence-corrected chi connectivity index (χ0v) is 11.1. The van der Waals surface area contributed by atoms with Crippen LogP contribution in [0.1, 0.15) is 5.01 Å². The highest BCUT2D eigenvalue weighted by Crippen LogP contribution is 2.22. The average molecular weight is 305 g/mol. The van der Waals surface area contributed by atoms with Gasteiger partial charge in [-0.3, -0.25) is 0 Å². The highest BCUT2D eigenvalue weighted by atomic mass is 32.2. The number of nitrogen functional groups attached to an aromatic ring is 1. The van der Waals surface area contributed by atoms with Crippen LogP contribution in [0.2, 0.25) is 0 Å². The van der Waals surface area contributed by atoms with Gasteiger partial charge in [0.15, 0.2) is 5.82 Å². The first-order valence-electron chi connectivity index (χ1n) is 5.03. The maximum Gasteiger partial charge on any atom is 0.243 e. The molecule has 2 aromatic rings. The summed E-state index contributed by atoms with van der Waals surface area (Å²) in [6, 6.07) is 1.63. The van der Waals surface area contributed by atoms with Gasteiger partial charge in [-0.15, -0.1) is 11.3 Å². The number of hydrogen-bond donors (Lipinski definition) is 2. The van der Waals surface area contributed by atoms with Crippen molar-refractivity contribution in [1.29, 1.82) is 0 Å². The lowest BCUT2D eigenvalue weighted by Gasteiger charge is -2.08. The van der Waals surface area contributed by atoms with Crippen molar-refractivity contribution in [1.82, 2.24) is 9.71 Å². The largest absolute Gasteiger partial charge is 0.394 e. The van der Waals surface area contributed by atoms with E-state index in [-0.39, 0.29) is 6.54 Å². The standard InChI is InChI=1S/C10H9F2N3O2S2/c11-6-1-2-7(9(12)10(6)13)19(16,17)15-5-8-14-3-4-18-8/h1-4,15H,5,13H2. The minimum absolute atomic E-state index is 0.0727. The summed E-state index contributed by atoms with van der Waals surface area (Å²) in [7, 11) is -4.11. The molecule has 2 rings (SSSR count). The van der Waals surface area contributed by atoms with Crippen LogP contribution in [0, 0.1) is 11.6 Å². The quantitative estimate of drug-likeness (QED) is 0.838. The Hall–Kier alpha value is -1.58. The fourth-order valence-corrected chi connectivity index (χ4v) is 3.05. The third kappa shape index (κ3) is 2.88. The van der Waals surface area contributed by atoms with Crippen molar-refractivity contribution in [3.8, 4) is 0 Å². The van der Waals surface area contributed by atoms with E-state index >= 15 is 0 Å². The lowest BCUT2D eigenvalue weighted by atomic mass is 10.3. The van der Waals surface area contributed by atoms with E-state index in [0.29, 0.717) is 5.01 Å². The van der Waals surface area contributed by atoms with E-state index < -0.39 is 32.2 Å². The zero-order valence-electron chi connectivity index (χ0n) is 9.43. The van der Waals surface area contributed by atoms with Crippen LogP contribution in [0.4, 0.5) is 14.5 Å². The van der Waals surface area contributed by atoms with E-state index in [1.54, 1.807) is 5.38 Å². The van der Waals surface area contributed by atoms with Crippen LogP contribution < -0.4 is 10.5 Å². The summed E-state index contributed by atoms with van der Waals surface area (Å²) in [5.41, 5.74) is 4.30. The molecule has 3 N–H and O–H groups in total. The molecule has 0 unspecified atom stereocenters. The van der Waals surface area contributed by atoms with Crippen molar-refractivity contribution in [2.24, 2.45) is 0 Å². The van der Waals surface area contributed by atoms with Gasteiger partial charge in [0.25, 0.3) is 0 Å². The van der Waals surface area contributed by atoms with Gasteiger partial charge in [-0.25, -0.2) is 26.9 Å². The molecule has 0 radical (unpaired) electrons. The van der Waals surface area contributed by atoms with Crippen LogP contribution in [0.3, 0.4) is 0 Å². The van der Waals surface area contributed by atoms with Crippen molar-refractivity contribution in [3.63, 3.8) is 0 Å². The molecule has 0 amide bonds. The second kappa shape index (κ2) is 5.19. The van der Waals surface area contributed by atoms with Crippen LogP contribution in [0.5, 0.6) is 0 Å². The Balaban J connectivity index is 2.27. The minimum Gasteiger partial charge on any atom is -0.394 e. The second-order valence-electron chi connectivity index (χ2n) is 3.52. The predicted molar refractivity (Wildman–Crippen MR) is 66.9 cm³/mol. The average Bonchev–Trinajstić information content (AvgIpc) is 2.86. The first kappa shape index (κ1) is 13.8. The van der Waals surface area contributed by atoms with Crippen LogP contribution in [-0.4, -0.2) is 13.4 Å². The summed E-state index contributed by atoms with van der Waals surface area (Å²) >= 11 is 1.25. The number of nitrogens with one attached hydrogen (secondary N) is 1. The van der Waals surface area contributed by atoms with Crippen molar-refractivity contribution in [3.05, 3.63) is 40.4 Å². The van der Waals surface area contributed by atoms with E-state index in [4.69, 9.17) is 5.73 Å². The first-order chi connectivity index (χ1) is 8.92. The summed E-state index contributed by atoms with van der Waals surface area (Å²) in [6.45, 7) is -0.0727. The summed E-state index contributed by atoms with van der Waals surface area (Å²) in [6.07, 6.45) is 1.52. The van der Waals surface area contributed by atoms with Gasteiger partial charge in [0.2, 0.25) is 10.0 Å². The van der Waals surface area contributed by atoms with Crippen molar-refractivity contribution in [2.45, 2.75) is 11.4 Å². The van der Waals surface area contributed by atoms with E-state index in [0.717, 1.165) is 12.1 Å². The summed E-state index contributed by atoms with van der Waals surface area (Å²) in [5.74, 6) is -2.30. The maximum atomic E-state index is 13.6. The Morgan fingerprint density at radius 1 is 1.37 bits per heavy atom. The highest BCUT2D eigenvalue weighted by molar-refractivity contribution is 7.89. The molecule has 1 aromatic heterocycles. The van der Waals surface area contributed by atoms with E-state index in [2.05, 4.69) is 9.71 Å². The third-order valence-corrected chi connectivity index (χ3v) is 4.48. The summed E-state index contributed by atoms with van der Waals surface area (Å²) < 4.78 is 52.5. The van der Waals surface area contributed by atoms with Crippen molar-refractivity contribution >= 4 is 27.0 Å². The Bertz CT molecular complexity index is 687. The van der Waals surface area contributed by atoms with Gasteiger partial charge in [-0.05, 0) is 12.1 Å². The van der Waals surface area contributed by atoms with Gasteiger partial charge >= 0.3 is 0 Å². The first-order valence-corrected chi connectivity index (χ1v) is 7.39. The molecule has 0 fully saturated rings. The highest BCUT2D eigenvalue weighted by Gasteiger charge is 2.22. The van der Waals surface area contributed by atoms with Crippen molar-refractivity contribution < 1.29 is 17.2 Å². The SMILES string of the molecule is Nc1c(F)ccc(S(=O)(=O)NCc2nccs2)c1F. The number of aromatic nitrogens is 1. The number of nitrogens with two attached hydrogens (primary N) is 1. The van der Waals surface area contributed by atoms with Gasteiger partial charge in [-0.1, -0.05) is 0 Å². The second-order valence-corrected chi connectivity index (χ2v) is 6.24. The molecule has 1 heterocycles. The molecule has 0 saturated heterocycles. The van der Waals surface area contributed by atoms with Crippen LogP contribution in [-0.2, 0) is 16.6 Å². The number of thiazole rings is 1. The van der Waals surface area contributed by atoms with Gasteiger partial charge in [0.05, 0.1) is 6.54 Å². The number of sulfonamides is 1. The molecule has 102 valence electrons. The third-order valence-electron chi connectivity index (χ3n) is 2.28. The fourth-order valence-electron chi connectivity index (χ4n) is 1.33. The normalized spacial score (nSPS) is 11.7. The molecule has 9 heteroatoms. The molecule has 1 aromatic carbocycles. The molecule has 0 saturated carbocycles. The Labute approximate surface area is 112 Å². The van der Waals surface area contributed by atoms with E-state index in [9.17, 15) is 17.2 Å². The molecule has 0 aliphatic carbocycles. The van der Waals surface area contributed by atoms with Gasteiger partial charge < -0.3 is 5.73 Å². The van der Waals surface area contributed by atoms with E-state index in [1.807, 2.05) is 0 Å². The van der Waals surface area contributed by atoms with Gasteiger partial charge in [0.1, 0.15) is 21.4 Å². The Kier molecular flexibility index (Phi) is 3.78.